The van der Waals surface area contributed by atoms with Gasteiger partial charge in [-0.3, -0.25) is 4.79 Å². The Labute approximate surface area is 114 Å². The topological polar surface area (TPSA) is 50.2 Å². The molecule has 0 aliphatic heterocycles. The van der Waals surface area contributed by atoms with Crippen LogP contribution in [-0.2, 0) is 6.54 Å². The number of anilines is 1. The third-order valence-electron chi connectivity index (χ3n) is 3.59. The maximum absolute atomic E-state index is 12.0. The lowest BCUT2D eigenvalue weighted by Crippen LogP contribution is -2.39. The fraction of sp³-hybridized carbons (Fsp3) is 0.714. The molecule has 106 valence electrons. The molecule has 0 radical (unpaired) electrons. The highest BCUT2D eigenvalue weighted by Gasteiger charge is 2.31. The monoisotopic (exact) mass is 264 g/mol. The molecular formula is C14H24N4O. The van der Waals surface area contributed by atoms with Gasteiger partial charge in [0.15, 0.2) is 0 Å². The van der Waals surface area contributed by atoms with Crippen LogP contribution in [0.15, 0.2) is 17.1 Å². The molecule has 1 aromatic heterocycles. The number of nitrogens with zero attached hydrogens (tertiary/aromatic N) is 3. The molecule has 1 aliphatic carbocycles. The molecule has 1 saturated carbocycles. The van der Waals surface area contributed by atoms with Crippen LogP contribution >= 0.6 is 0 Å². The van der Waals surface area contributed by atoms with Crippen molar-refractivity contribution in [3.8, 4) is 0 Å². The molecule has 1 N–H and O–H groups in total. The normalized spacial score (nSPS) is 16.4. The first-order valence-corrected chi connectivity index (χ1v) is 7.09. The van der Waals surface area contributed by atoms with Crippen LogP contribution in [0.3, 0.4) is 0 Å². The van der Waals surface area contributed by atoms with Crippen LogP contribution in [0.1, 0.15) is 26.2 Å². The molecule has 1 heterocycles. The highest BCUT2D eigenvalue weighted by atomic mass is 16.1. The molecule has 1 atom stereocenters. The van der Waals surface area contributed by atoms with Gasteiger partial charge >= 0.3 is 0 Å². The van der Waals surface area contributed by atoms with Crippen molar-refractivity contribution in [1.29, 1.82) is 0 Å². The van der Waals surface area contributed by atoms with E-state index in [-0.39, 0.29) is 5.56 Å². The number of rotatable bonds is 7. The Morgan fingerprint density at radius 1 is 1.53 bits per heavy atom. The molecule has 1 aliphatic rings. The van der Waals surface area contributed by atoms with Crippen LogP contribution < -0.4 is 15.8 Å². The van der Waals surface area contributed by atoms with Gasteiger partial charge in [-0.25, -0.2) is 4.68 Å². The minimum Gasteiger partial charge on any atom is -0.376 e. The number of aromatic nitrogens is 2. The lowest BCUT2D eigenvalue weighted by molar-refractivity contribution is 0.381. The molecule has 0 aromatic carbocycles. The molecule has 19 heavy (non-hydrogen) atoms. The average Bonchev–Trinajstić information content (AvgIpc) is 3.20. The summed E-state index contributed by atoms with van der Waals surface area (Å²) in [5.74, 6) is 0.716. The molecule has 5 heteroatoms. The van der Waals surface area contributed by atoms with Crippen LogP contribution in [0, 0.1) is 5.92 Å². The van der Waals surface area contributed by atoms with E-state index in [9.17, 15) is 4.79 Å². The summed E-state index contributed by atoms with van der Waals surface area (Å²) < 4.78 is 1.58. The van der Waals surface area contributed by atoms with Crippen molar-refractivity contribution >= 4 is 5.69 Å². The average molecular weight is 264 g/mol. The summed E-state index contributed by atoms with van der Waals surface area (Å²) in [6.07, 6.45) is 5.41. The third kappa shape index (κ3) is 3.80. The Morgan fingerprint density at radius 3 is 2.79 bits per heavy atom. The summed E-state index contributed by atoms with van der Waals surface area (Å²) >= 11 is 0. The van der Waals surface area contributed by atoms with Gasteiger partial charge in [0.2, 0.25) is 0 Å². The van der Waals surface area contributed by atoms with E-state index in [0.717, 1.165) is 18.7 Å². The zero-order chi connectivity index (χ0) is 13.8. The Balaban J connectivity index is 2.06. The van der Waals surface area contributed by atoms with E-state index in [1.54, 1.807) is 16.9 Å². The summed E-state index contributed by atoms with van der Waals surface area (Å²) in [7, 11) is 3.83. The van der Waals surface area contributed by atoms with Gasteiger partial charge in [-0.1, -0.05) is 6.92 Å². The third-order valence-corrected chi connectivity index (χ3v) is 3.59. The van der Waals surface area contributed by atoms with Gasteiger partial charge in [0.25, 0.3) is 5.56 Å². The van der Waals surface area contributed by atoms with Crippen LogP contribution in [0.2, 0.25) is 0 Å². The van der Waals surface area contributed by atoms with E-state index < -0.39 is 0 Å². The highest BCUT2D eigenvalue weighted by molar-refractivity contribution is 5.40. The predicted octanol–water partition coefficient (Wildman–Crippen LogP) is 1.09. The van der Waals surface area contributed by atoms with Crippen molar-refractivity contribution in [3.05, 3.63) is 22.6 Å². The number of hydrogen-bond donors (Lipinski definition) is 1. The van der Waals surface area contributed by atoms with E-state index >= 15 is 0 Å². The second-order valence-corrected chi connectivity index (χ2v) is 5.53. The molecule has 0 spiro atoms. The summed E-state index contributed by atoms with van der Waals surface area (Å²) in [4.78, 5) is 13.9. The van der Waals surface area contributed by atoms with Gasteiger partial charge in [0.1, 0.15) is 0 Å². The molecule has 1 unspecified atom stereocenters. The molecule has 0 saturated heterocycles. The van der Waals surface area contributed by atoms with Crippen molar-refractivity contribution in [1.82, 2.24) is 15.1 Å². The lowest BCUT2D eigenvalue weighted by Gasteiger charge is -2.19. The zero-order valence-electron chi connectivity index (χ0n) is 12.1. The van der Waals surface area contributed by atoms with Gasteiger partial charge < -0.3 is 10.2 Å². The first-order chi connectivity index (χ1) is 9.11. The second-order valence-electron chi connectivity index (χ2n) is 5.53. The van der Waals surface area contributed by atoms with Gasteiger partial charge in [0, 0.05) is 26.2 Å². The van der Waals surface area contributed by atoms with Crippen LogP contribution in [-0.4, -0.2) is 36.5 Å². The smallest absolute Gasteiger partial charge is 0.268 e. The SMILES string of the molecule is CCCNC(Cn1ncc(N(C)C)cc1=O)C1CC1. The Morgan fingerprint density at radius 2 is 2.26 bits per heavy atom. The summed E-state index contributed by atoms with van der Waals surface area (Å²) in [6.45, 7) is 3.84. The maximum atomic E-state index is 12.0. The van der Waals surface area contributed by atoms with Crippen molar-refractivity contribution in [2.45, 2.75) is 38.8 Å². The highest BCUT2D eigenvalue weighted by Crippen LogP contribution is 2.33. The van der Waals surface area contributed by atoms with Crippen LogP contribution in [0.25, 0.3) is 0 Å². The van der Waals surface area contributed by atoms with Crippen molar-refractivity contribution in [3.63, 3.8) is 0 Å². The van der Waals surface area contributed by atoms with Crippen molar-refractivity contribution in [2.75, 3.05) is 25.5 Å². The molecule has 0 bridgehead atoms. The maximum Gasteiger partial charge on any atom is 0.268 e. The molecular weight excluding hydrogens is 240 g/mol. The van der Waals surface area contributed by atoms with Crippen LogP contribution in [0.5, 0.6) is 0 Å². The largest absolute Gasteiger partial charge is 0.376 e. The van der Waals surface area contributed by atoms with Gasteiger partial charge in [0.05, 0.1) is 18.4 Å². The van der Waals surface area contributed by atoms with Gasteiger partial charge in [-0.05, 0) is 31.7 Å². The Bertz CT molecular complexity index is 465. The Hall–Kier alpha value is -1.36. The minimum atomic E-state index is -0.0184. The Kier molecular flexibility index (Phi) is 4.58. The lowest BCUT2D eigenvalue weighted by atomic mass is 10.2. The summed E-state index contributed by atoms with van der Waals surface area (Å²) in [5, 5.41) is 7.81. The second kappa shape index (κ2) is 6.19. The molecule has 1 aromatic rings. The number of nitrogens with one attached hydrogen (secondary N) is 1. The predicted molar refractivity (Wildman–Crippen MR) is 77.6 cm³/mol. The fourth-order valence-corrected chi connectivity index (χ4v) is 2.20. The molecule has 2 rings (SSSR count). The van der Waals surface area contributed by atoms with Crippen molar-refractivity contribution in [2.24, 2.45) is 5.92 Å². The molecule has 1 fully saturated rings. The van der Waals surface area contributed by atoms with E-state index in [0.29, 0.717) is 18.5 Å². The van der Waals surface area contributed by atoms with Crippen LogP contribution in [0.4, 0.5) is 5.69 Å². The fourth-order valence-electron chi connectivity index (χ4n) is 2.20. The molecule has 0 amide bonds. The first kappa shape index (κ1) is 14.1. The van der Waals surface area contributed by atoms with Gasteiger partial charge in [-0.2, -0.15) is 5.10 Å². The standard InChI is InChI=1S/C14H24N4O/c1-4-7-15-13(11-5-6-11)10-18-14(19)8-12(9-16-18)17(2)3/h8-9,11,13,15H,4-7,10H2,1-3H3. The van der Waals surface area contributed by atoms with E-state index in [4.69, 9.17) is 0 Å². The minimum absolute atomic E-state index is 0.0184. The first-order valence-electron chi connectivity index (χ1n) is 7.09. The summed E-state index contributed by atoms with van der Waals surface area (Å²) in [5.41, 5.74) is 0.834. The zero-order valence-corrected chi connectivity index (χ0v) is 12.1. The van der Waals surface area contributed by atoms with Gasteiger partial charge in [-0.15, -0.1) is 0 Å². The summed E-state index contributed by atoms with van der Waals surface area (Å²) in [6, 6.07) is 2.03. The molecule has 5 nitrogen and oxygen atoms in total. The number of hydrogen-bond acceptors (Lipinski definition) is 4. The van der Waals surface area contributed by atoms with E-state index in [1.807, 2.05) is 19.0 Å². The van der Waals surface area contributed by atoms with Crippen molar-refractivity contribution < 1.29 is 0 Å². The van der Waals surface area contributed by atoms with E-state index in [2.05, 4.69) is 17.3 Å². The van der Waals surface area contributed by atoms with E-state index in [1.165, 1.54) is 12.8 Å². The quantitative estimate of drug-likeness (QED) is 0.801.